The highest BCUT2D eigenvalue weighted by Gasteiger charge is 2.19. The number of carboxylic acids is 2. The van der Waals surface area contributed by atoms with Crippen molar-refractivity contribution in [2.24, 2.45) is 0 Å². The summed E-state index contributed by atoms with van der Waals surface area (Å²) >= 11 is 6.42. The van der Waals surface area contributed by atoms with Gasteiger partial charge in [-0.3, -0.25) is 14.6 Å². The van der Waals surface area contributed by atoms with Gasteiger partial charge < -0.3 is 20.4 Å². The van der Waals surface area contributed by atoms with Gasteiger partial charge in [0.05, 0.1) is 41.6 Å². The molecule has 1 aliphatic rings. The summed E-state index contributed by atoms with van der Waals surface area (Å²) in [5.74, 6) is -2.50. The molecule has 0 saturated heterocycles. The Morgan fingerprint density at radius 1 is 1.17 bits per heavy atom. The predicted octanol–water partition coefficient (Wildman–Crippen LogP) is 3.27. The van der Waals surface area contributed by atoms with Crippen molar-refractivity contribution in [2.45, 2.75) is 25.7 Å². The molecule has 156 valence electrons. The van der Waals surface area contributed by atoms with Crippen LogP contribution in [0.5, 0.6) is 0 Å². The molecule has 1 aliphatic heterocycles. The Kier molecular flexibility index (Phi) is 8.35. The minimum Gasteiger partial charge on any atom is -0.481 e. The number of fused-ring (bicyclic) bond motifs is 1. The smallest absolute Gasteiger partial charge is 0.303 e. The van der Waals surface area contributed by atoms with Crippen LogP contribution in [0.4, 0.5) is 15.8 Å². The average molecular weight is 424 g/mol. The number of carboxylic acid groups (broad SMARTS) is 2. The van der Waals surface area contributed by atoms with Crippen molar-refractivity contribution in [3.05, 3.63) is 52.6 Å². The predicted molar refractivity (Wildman–Crippen MR) is 108 cm³/mol. The number of aliphatic carboxylic acids is 2. The SMILES string of the molecule is CN(c1cncc(F)c1)c1c(Cl)ccc2c1CCNCC2.O=C(O)CCC(=O)O. The highest BCUT2D eigenvalue weighted by molar-refractivity contribution is 6.33. The molecule has 7 nitrogen and oxygen atoms in total. The van der Waals surface area contributed by atoms with Gasteiger partial charge in [0.2, 0.25) is 0 Å². The third-order valence-electron chi connectivity index (χ3n) is 4.42. The lowest BCUT2D eigenvalue weighted by molar-refractivity contribution is -0.143. The lowest BCUT2D eigenvalue weighted by atomic mass is 10.00. The van der Waals surface area contributed by atoms with E-state index < -0.39 is 11.9 Å². The molecule has 0 bridgehead atoms. The van der Waals surface area contributed by atoms with Gasteiger partial charge in [-0.05, 0) is 43.1 Å². The first-order chi connectivity index (χ1) is 13.8. The van der Waals surface area contributed by atoms with Crippen LogP contribution in [0, 0.1) is 5.82 Å². The Morgan fingerprint density at radius 3 is 2.45 bits per heavy atom. The third kappa shape index (κ3) is 6.69. The van der Waals surface area contributed by atoms with E-state index in [0.717, 1.165) is 31.6 Å². The number of hydrogen-bond donors (Lipinski definition) is 3. The summed E-state index contributed by atoms with van der Waals surface area (Å²) in [5.41, 5.74) is 4.18. The van der Waals surface area contributed by atoms with Crippen molar-refractivity contribution in [3.63, 3.8) is 0 Å². The van der Waals surface area contributed by atoms with Crippen molar-refractivity contribution in [2.75, 3.05) is 25.0 Å². The molecule has 0 unspecified atom stereocenters. The second kappa shape index (κ2) is 10.7. The molecule has 1 aromatic carbocycles. The number of anilines is 2. The van der Waals surface area contributed by atoms with Crippen LogP contribution in [0.15, 0.2) is 30.6 Å². The van der Waals surface area contributed by atoms with Crippen LogP contribution in [0.3, 0.4) is 0 Å². The fourth-order valence-corrected chi connectivity index (χ4v) is 3.32. The van der Waals surface area contributed by atoms with E-state index in [1.54, 1.807) is 6.20 Å². The number of hydrogen-bond acceptors (Lipinski definition) is 5. The summed E-state index contributed by atoms with van der Waals surface area (Å²) in [4.78, 5) is 25.1. The lowest BCUT2D eigenvalue weighted by Crippen LogP contribution is -2.17. The summed E-state index contributed by atoms with van der Waals surface area (Å²) in [6.45, 7) is 1.90. The van der Waals surface area contributed by atoms with Gasteiger partial charge in [-0.2, -0.15) is 0 Å². The maximum absolute atomic E-state index is 13.4. The second-order valence-corrected chi connectivity index (χ2v) is 6.90. The highest BCUT2D eigenvalue weighted by atomic mass is 35.5. The van der Waals surface area contributed by atoms with Gasteiger partial charge in [-0.1, -0.05) is 17.7 Å². The topological polar surface area (TPSA) is 103 Å². The molecular formula is C20H23ClFN3O4. The fourth-order valence-electron chi connectivity index (χ4n) is 3.01. The molecule has 9 heteroatoms. The average Bonchev–Trinajstić information content (AvgIpc) is 2.92. The van der Waals surface area contributed by atoms with Crippen LogP contribution < -0.4 is 10.2 Å². The maximum Gasteiger partial charge on any atom is 0.303 e. The number of pyridine rings is 1. The molecule has 0 spiro atoms. The van der Waals surface area contributed by atoms with Crippen molar-refractivity contribution in [1.82, 2.24) is 10.3 Å². The van der Waals surface area contributed by atoms with Crippen LogP contribution in [0.2, 0.25) is 5.02 Å². The molecule has 0 saturated carbocycles. The van der Waals surface area contributed by atoms with Gasteiger partial charge in [-0.15, -0.1) is 0 Å². The summed E-state index contributed by atoms with van der Waals surface area (Å²) in [6.07, 6.45) is 4.15. The molecule has 2 heterocycles. The number of nitrogens with one attached hydrogen (secondary N) is 1. The van der Waals surface area contributed by atoms with Gasteiger partial charge in [-0.25, -0.2) is 4.39 Å². The van der Waals surface area contributed by atoms with Crippen LogP contribution >= 0.6 is 11.6 Å². The summed E-state index contributed by atoms with van der Waals surface area (Å²) < 4.78 is 13.4. The Hall–Kier alpha value is -2.71. The fraction of sp³-hybridized carbons (Fsp3) is 0.350. The van der Waals surface area contributed by atoms with E-state index in [9.17, 15) is 14.0 Å². The number of benzene rings is 1. The number of rotatable bonds is 5. The first-order valence-electron chi connectivity index (χ1n) is 9.08. The van der Waals surface area contributed by atoms with Gasteiger partial charge in [0.1, 0.15) is 5.82 Å². The molecular weight excluding hydrogens is 401 g/mol. The molecule has 2 aromatic rings. The van der Waals surface area contributed by atoms with Crippen LogP contribution in [-0.2, 0) is 22.4 Å². The van der Waals surface area contributed by atoms with Gasteiger partial charge in [0, 0.05) is 13.1 Å². The second-order valence-electron chi connectivity index (χ2n) is 6.49. The molecule has 0 fully saturated rings. The van der Waals surface area contributed by atoms with Crippen molar-refractivity contribution in [3.8, 4) is 0 Å². The third-order valence-corrected chi connectivity index (χ3v) is 4.72. The minimum atomic E-state index is -1.08. The molecule has 3 N–H and O–H groups in total. The Labute approximate surface area is 173 Å². The first kappa shape index (κ1) is 22.6. The zero-order valence-corrected chi connectivity index (χ0v) is 16.7. The largest absolute Gasteiger partial charge is 0.481 e. The summed E-state index contributed by atoms with van der Waals surface area (Å²) in [7, 11) is 1.90. The van der Waals surface area contributed by atoms with E-state index in [1.807, 2.05) is 18.0 Å². The zero-order valence-electron chi connectivity index (χ0n) is 16.0. The lowest BCUT2D eigenvalue weighted by Gasteiger charge is -2.25. The van der Waals surface area contributed by atoms with E-state index in [4.69, 9.17) is 21.8 Å². The molecule has 29 heavy (non-hydrogen) atoms. The number of aromatic nitrogens is 1. The van der Waals surface area contributed by atoms with Gasteiger partial charge >= 0.3 is 11.9 Å². The number of nitrogens with zero attached hydrogens (tertiary/aromatic N) is 2. The molecule has 0 amide bonds. The normalized spacial score (nSPS) is 12.8. The van der Waals surface area contributed by atoms with E-state index in [1.165, 1.54) is 23.4 Å². The standard InChI is InChI=1S/C16H17ClFN3.C4H6O4/c1-21(13-8-12(18)9-20-10-13)16-14-5-7-19-6-4-11(14)2-3-15(16)17;5-3(6)1-2-4(7)8/h2-3,8-10,19H,4-7H2,1H3;1-2H2,(H,5,6)(H,7,8). The molecule has 1 aromatic heterocycles. The maximum atomic E-state index is 13.4. The van der Waals surface area contributed by atoms with E-state index in [2.05, 4.69) is 16.4 Å². The van der Waals surface area contributed by atoms with E-state index in [0.29, 0.717) is 10.7 Å². The minimum absolute atomic E-state index is 0.296. The highest BCUT2D eigenvalue weighted by Crippen LogP contribution is 2.36. The first-order valence-corrected chi connectivity index (χ1v) is 9.46. The van der Waals surface area contributed by atoms with Crippen LogP contribution in [-0.4, -0.2) is 47.3 Å². The van der Waals surface area contributed by atoms with E-state index >= 15 is 0 Å². The van der Waals surface area contributed by atoms with Gasteiger partial charge in [0.25, 0.3) is 0 Å². The number of halogens is 2. The molecule has 0 radical (unpaired) electrons. The van der Waals surface area contributed by atoms with Crippen LogP contribution in [0.25, 0.3) is 0 Å². The quantitative estimate of drug-likeness (QED) is 0.678. The van der Waals surface area contributed by atoms with Crippen molar-refractivity contribution < 1.29 is 24.2 Å². The molecule has 3 rings (SSSR count). The Bertz CT molecular complexity index is 865. The van der Waals surface area contributed by atoms with Crippen molar-refractivity contribution in [1.29, 1.82) is 0 Å². The summed E-state index contributed by atoms with van der Waals surface area (Å²) in [5, 5.41) is 19.9. The monoisotopic (exact) mass is 423 g/mol. The Morgan fingerprint density at radius 2 is 1.83 bits per heavy atom. The number of carbonyl (C=O) groups is 2. The van der Waals surface area contributed by atoms with Gasteiger partial charge in [0.15, 0.2) is 0 Å². The van der Waals surface area contributed by atoms with Crippen LogP contribution in [0.1, 0.15) is 24.0 Å². The molecule has 0 atom stereocenters. The molecule has 0 aliphatic carbocycles. The summed E-state index contributed by atoms with van der Waals surface area (Å²) in [6, 6.07) is 5.48. The van der Waals surface area contributed by atoms with Crippen molar-refractivity contribution >= 4 is 34.9 Å². The zero-order chi connectivity index (χ0) is 21.4. The van der Waals surface area contributed by atoms with E-state index in [-0.39, 0.29) is 18.7 Å². The Balaban J connectivity index is 0.000000321.